The molecule has 20 heavy (non-hydrogen) atoms. The van der Waals surface area contributed by atoms with Gasteiger partial charge < -0.3 is 15.7 Å². The van der Waals surface area contributed by atoms with E-state index in [0.717, 1.165) is 16.0 Å². The van der Waals surface area contributed by atoms with Crippen LogP contribution >= 0.6 is 11.3 Å². The van der Waals surface area contributed by atoms with Crippen LogP contribution in [0.5, 0.6) is 0 Å². The summed E-state index contributed by atoms with van der Waals surface area (Å²) in [6, 6.07) is 11.2. The molecule has 0 aliphatic rings. The highest BCUT2D eigenvalue weighted by molar-refractivity contribution is 7.09. The number of hydrogen-bond acceptors (Lipinski definition) is 3. The van der Waals surface area contributed by atoms with Gasteiger partial charge in [-0.25, -0.2) is 4.79 Å². The number of carbonyl (C=O) groups is 1. The van der Waals surface area contributed by atoms with Crippen molar-refractivity contribution in [2.75, 3.05) is 6.54 Å². The highest BCUT2D eigenvalue weighted by Gasteiger charge is 2.11. The molecule has 3 N–H and O–H groups in total. The second-order valence-corrected chi connectivity index (χ2v) is 5.55. The highest BCUT2D eigenvalue weighted by atomic mass is 32.1. The van der Waals surface area contributed by atoms with Crippen molar-refractivity contribution >= 4 is 17.4 Å². The van der Waals surface area contributed by atoms with Crippen molar-refractivity contribution in [3.05, 3.63) is 57.8 Å². The monoisotopic (exact) mass is 290 g/mol. The predicted molar refractivity (Wildman–Crippen MR) is 80.7 cm³/mol. The predicted octanol–water partition coefficient (Wildman–Crippen LogP) is 2.59. The lowest BCUT2D eigenvalue weighted by Gasteiger charge is -2.14. The first-order valence-electron chi connectivity index (χ1n) is 6.44. The average molecular weight is 290 g/mol. The molecule has 2 amide bonds. The molecular formula is C15H18N2O2S. The minimum atomic E-state index is -0.691. The summed E-state index contributed by atoms with van der Waals surface area (Å²) >= 11 is 1.60. The van der Waals surface area contributed by atoms with Crippen LogP contribution in [0.1, 0.15) is 22.1 Å². The lowest BCUT2D eigenvalue weighted by Crippen LogP contribution is -2.37. The zero-order valence-electron chi connectivity index (χ0n) is 11.3. The van der Waals surface area contributed by atoms with Crippen molar-refractivity contribution in [3.8, 4) is 0 Å². The number of amides is 2. The van der Waals surface area contributed by atoms with Crippen LogP contribution in [-0.2, 0) is 6.54 Å². The molecule has 0 spiro atoms. The van der Waals surface area contributed by atoms with E-state index in [9.17, 15) is 9.90 Å². The number of aliphatic hydroxyl groups is 1. The van der Waals surface area contributed by atoms with Gasteiger partial charge in [-0.2, -0.15) is 0 Å². The number of benzene rings is 1. The van der Waals surface area contributed by atoms with E-state index in [1.807, 2.05) is 48.7 Å². The van der Waals surface area contributed by atoms with Gasteiger partial charge in [0.1, 0.15) is 0 Å². The van der Waals surface area contributed by atoms with E-state index in [-0.39, 0.29) is 12.6 Å². The Hall–Kier alpha value is -1.85. The quantitative estimate of drug-likeness (QED) is 0.792. The van der Waals surface area contributed by atoms with Crippen LogP contribution < -0.4 is 10.6 Å². The van der Waals surface area contributed by atoms with Crippen molar-refractivity contribution in [1.29, 1.82) is 0 Å². The number of carbonyl (C=O) groups excluding carboxylic acids is 1. The zero-order chi connectivity index (χ0) is 14.4. The Morgan fingerprint density at radius 3 is 2.75 bits per heavy atom. The van der Waals surface area contributed by atoms with Gasteiger partial charge in [-0.1, -0.05) is 30.3 Å². The van der Waals surface area contributed by atoms with E-state index in [2.05, 4.69) is 10.6 Å². The summed E-state index contributed by atoms with van der Waals surface area (Å²) in [7, 11) is 0. The van der Waals surface area contributed by atoms with E-state index in [1.54, 1.807) is 11.3 Å². The van der Waals surface area contributed by atoms with Gasteiger partial charge in [0, 0.05) is 11.4 Å². The van der Waals surface area contributed by atoms with Gasteiger partial charge in [0.15, 0.2) is 0 Å². The molecule has 0 saturated heterocycles. The Morgan fingerprint density at radius 2 is 2.05 bits per heavy atom. The van der Waals surface area contributed by atoms with Gasteiger partial charge >= 0.3 is 6.03 Å². The smallest absolute Gasteiger partial charge is 0.315 e. The summed E-state index contributed by atoms with van der Waals surface area (Å²) in [4.78, 5) is 12.7. The fourth-order valence-electron chi connectivity index (χ4n) is 1.90. The molecule has 2 rings (SSSR count). The number of thiophene rings is 1. The van der Waals surface area contributed by atoms with E-state index in [4.69, 9.17) is 0 Å². The van der Waals surface area contributed by atoms with Crippen molar-refractivity contribution in [2.45, 2.75) is 19.6 Å². The molecule has 1 aromatic heterocycles. The van der Waals surface area contributed by atoms with E-state index in [0.29, 0.717) is 6.54 Å². The number of aryl methyl sites for hydroxylation is 1. The molecule has 0 saturated carbocycles. The zero-order valence-corrected chi connectivity index (χ0v) is 12.1. The van der Waals surface area contributed by atoms with Gasteiger partial charge in [-0.3, -0.25) is 0 Å². The van der Waals surface area contributed by atoms with Crippen molar-refractivity contribution in [3.63, 3.8) is 0 Å². The molecule has 4 nitrogen and oxygen atoms in total. The standard InChI is InChI=1S/C15H18N2O2S/c1-11-5-2-3-7-13(11)14(18)10-17-15(19)16-9-12-6-4-8-20-12/h2-8,14,18H,9-10H2,1H3,(H2,16,17,19). The molecule has 0 aliphatic carbocycles. The Balaban J connectivity index is 1.77. The molecule has 106 valence electrons. The second-order valence-electron chi connectivity index (χ2n) is 4.52. The molecular weight excluding hydrogens is 272 g/mol. The molecule has 1 aromatic carbocycles. The van der Waals surface area contributed by atoms with Gasteiger partial charge in [-0.05, 0) is 29.5 Å². The van der Waals surface area contributed by atoms with Crippen LogP contribution in [0.2, 0.25) is 0 Å². The van der Waals surface area contributed by atoms with Crippen LogP contribution in [0.4, 0.5) is 4.79 Å². The number of rotatable bonds is 5. The third-order valence-corrected chi connectivity index (χ3v) is 3.88. The van der Waals surface area contributed by atoms with Gasteiger partial charge in [0.2, 0.25) is 0 Å². The number of aliphatic hydroxyl groups excluding tert-OH is 1. The van der Waals surface area contributed by atoms with Gasteiger partial charge in [0.05, 0.1) is 12.6 Å². The first kappa shape index (κ1) is 14.6. The third-order valence-electron chi connectivity index (χ3n) is 3.01. The summed E-state index contributed by atoms with van der Waals surface area (Å²) in [5.74, 6) is 0. The van der Waals surface area contributed by atoms with Gasteiger partial charge in [0.25, 0.3) is 0 Å². The minimum Gasteiger partial charge on any atom is -0.387 e. The summed E-state index contributed by atoms with van der Waals surface area (Å²) < 4.78 is 0. The van der Waals surface area contributed by atoms with Crippen LogP contribution in [0.3, 0.4) is 0 Å². The maximum absolute atomic E-state index is 11.6. The first-order chi connectivity index (χ1) is 9.66. The molecule has 2 aromatic rings. The Bertz CT molecular complexity index is 555. The fraction of sp³-hybridized carbons (Fsp3) is 0.267. The van der Waals surface area contributed by atoms with Crippen LogP contribution in [0, 0.1) is 6.92 Å². The van der Waals surface area contributed by atoms with Crippen LogP contribution in [0.15, 0.2) is 41.8 Å². The maximum Gasteiger partial charge on any atom is 0.315 e. The Kier molecular flexibility index (Phi) is 5.15. The highest BCUT2D eigenvalue weighted by Crippen LogP contribution is 2.16. The topological polar surface area (TPSA) is 61.4 Å². The third kappa shape index (κ3) is 4.08. The summed E-state index contributed by atoms with van der Waals surface area (Å²) in [6.07, 6.45) is -0.691. The van der Waals surface area contributed by atoms with Crippen LogP contribution in [0.25, 0.3) is 0 Å². The molecule has 1 unspecified atom stereocenters. The normalized spacial score (nSPS) is 11.9. The lowest BCUT2D eigenvalue weighted by atomic mass is 10.0. The number of urea groups is 1. The SMILES string of the molecule is Cc1ccccc1C(O)CNC(=O)NCc1cccs1. The molecule has 0 bridgehead atoms. The van der Waals surface area contributed by atoms with E-state index >= 15 is 0 Å². The first-order valence-corrected chi connectivity index (χ1v) is 7.32. The summed E-state index contributed by atoms with van der Waals surface area (Å²) in [6.45, 7) is 2.64. The Labute approximate surface area is 122 Å². The molecule has 1 heterocycles. The molecule has 0 fully saturated rings. The molecule has 5 heteroatoms. The summed E-state index contributed by atoms with van der Waals surface area (Å²) in [5, 5.41) is 17.5. The second kappa shape index (κ2) is 7.07. The molecule has 1 atom stereocenters. The summed E-state index contributed by atoms with van der Waals surface area (Å²) in [5.41, 5.74) is 1.85. The van der Waals surface area contributed by atoms with E-state index in [1.165, 1.54) is 0 Å². The molecule has 0 radical (unpaired) electrons. The average Bonchev–Trinajstić information content (AvgIpc) is 2.96. The van der Waals surface area contributed by atoms with Crippen molar-refractivity contribution in [2.24, 2.45) is 0 Å². The fourth-order valence-corrected chi connectivity index (χ4v) is 2.55. The van der Waals surface area contributed by atoms with E-state index < -0.39 is 6.10 Å². The minimum absolute atomic E-state index is 0.196. The van der Waals surface area contributed by atoms with Crippen LogP contribution in [-0.4, -0.2) is 17.7 Å². The largest absolute Gasteiger partial charge is 0.387 e. The maximum atomic E-state index is 11.6. The van der Waals surface area contributed by atoms with Gasteiger partial charge in [-0.15, -0.1) is 11.3 Å². The van der Waals surface area contributed by atoms with Crippen molar-refractivity contribution < 1.29 is 9.90 Å². The number of hydrogen-bond donors (Lipinski definition) is 3. The number of nitrogens with one attached hydrogen (secondary N) is 2. The molecule has 0 aliphatic heterocycles. The Morgan fingerprint density at radius 1 is 1.25 bits per heavy atom. The van der Waals surface area contributed by atoms with Crippen molar-refractivity contribution in [1.82, 2.24) is 10.6 Å². The lowest BCUT2D eigenvalue weighted by molar-refractivity contribution is 0.172.